The first-order valence-electron chi connectivity index (χ1n) is 4.00. The van der Waals surface area contributed by atoms with E-state index in [4.69, 9.17) is 5.11 Å². The summed E-state index contributed by atoms with van der Waals surface area (Å²) < 4.78 is 0. The first kappa shape index (κ1) is 10.6. The van der Waals surface area contributed by atoms with Crippen LogP contribution in [0.25, 0.3) is 0 Å². The summed E-state index contributed by atoms with van der Waals surface area (Å²) in [6.45, 7) is 1.56. The van der Waals surface area contributed by atoms with Crippen LogP contribution in [-0.2, 0) is 9.59 Å². The molecule has 0 saturated heterocycles. The van der Waals surface area contributed by atoms with Gasteiger partial charge in [0, 0.05) is 25.0 Å². The molecule has 0 fully saturated rings. The summed E-state index contributed by atoms with van der Waals surface area (Å²) in [7, 11) is 0. The zero-order valence-electron chi connectivity index (χ0n) is 7.64. The van der Waals surface area contributed by atoms with Crippen LogP contribution in [0.1, 0.15) is 13.3 Å². The van der Waals surface area contributed by atoms with Crippen LogP contribution >= 0.6 is 11.3 Å². The van der Waals surface area contributed by atoms with E-state index in [1.807, 2.05) is 0 Å². The van der Waals surface area contributed by atoms with Gasteiger partial charge in [-0.2, -0.15) is 0 Å². The van der Waals surface area contributed by atoms with Gasteiger partial charge in [-0.1, -0.05) is 0 Å². The molecule has 76 valence electrons. The van der Waals surface area contributed by atoms with Gasteiger partial charge in [-0.15, -0.1) is 11.3 Å². The van der Waals surface area contributed by atoms with Crippen molar-refractivity contribution in [1.29, 1.82) is 0 Å². The zero-order valence-corrected chi connectivity index (χ0v) is 8.45. The fraction of sp³-hybridized carbons (Fsp3) is 0.375. The molecule has 1 N–H and O–H groups in total. The number of hydrogen-bond donors (Lipinski definition) is 1. The summed E-state index contributed by atoms with van der Waals surface area (Å²) in [5.41, 5.74) is 0. The van der Waals surface area contributed by atoms with E-state index in [1.54, 1.807) is 11.6 Å². The van der Waals surface area contributed by atoms with E-state index in [2.05, 4.69) is 4.98 Å². The van der Waals surface area contributed by atoms with Crippen molar-refractivity contribution < 1.29 is 14.7 Å². The van der Waals surface area contributed by atoms with Gasteiger partial charge in [0.25, 0.3) is 0 Å². The van der Waals surface area contributed by atoms with Gasteiger partial charge < -0.3 is 5.11 Å². The van der Waals surface area contributed by atoms with Crippen LogP contribution in [0.3, 0.4) is 0 Å². The van der Waals surface area contributed by atoms with E-state index in [0.717, 1.165) is 0 Å². The number of amides is 1. The number of carboxylic acid groups (broad SMARTS) is 1. The number of thiazole rings is 1. The first-order valence-corrected chi connectivity index (χ1v) is 4.88. The molecule has 14 heavy (non-hydrogen) atoms. The molecule has 0 spiro atoms. The van der Waals surface area contributed by atoms with Crippen LogP contribution in [0, 0.1) is 0 Å². The molecular formula is C8H10N2O3S. The van der Waals surface area contributed by atoms with E-state index in [0.29, 0.717) is 5.13 Å². The van der Waals surface area contributed by atoms with Crippen molar-refractivity contribution in [2.45, 2.75) is 13.3 Å². The molecule has 0 bridgehead atoms. The lowest BCUT2D eigenvalue weighted by molar-refractivity contribution is -0.136. The number of carboxylic acids is 1. The standard InChI is InChI=1S/C8H10N2O3S/c1-6(11)10(4-2-7(12)13)8-9-3-5-14-8/h3,5H,2,4H2,1H3,(H,12,13). The van der Waals surface area contributed by atoms with Gasteiger partial charge in [0.1, 0.15) is 0 Å². The van der Waals surface area contributed by atoms with Crippen molar-refractivity contribution in [3.05, 3.63) is 11.6 Å². The van der Waals surface area contributed by atoms with Crippen LogP contribution in [0.15, 0.2) is 11.6 Å². The third-order valence-corrected chi connectivity index (χ3v) is 2.37. The van der Waals surface area contributed by atoms with E-state index < -0.39 is 5.97 Å². The third-order valence-electron chi connectivity index (χ3n) is 1.58. The molecule has 0 saturated carbocycles. The quantitative estimate of drug-likeness (QED) is 0.810. The minimum Gasteiger partial charge on any atom is -0.481 e. The molecule has 0 radical (unpaired) electrons. The van der Waals surface area contributed by atoms with Gasteiger partial charge in [-0.25, -0.2) is 4.98 Å². The van der Waals surface area contributed by atoms with E-state index in [9.17, 15) is 9.59 Å². The molecule has 0 unspecified atom stereocenters. The molecule has 6 heteroatoms. The summed E-state index contributed by atoms with van der Waals surface area (Å²) in [6, 6.07) is 0. The van der Waals surface area contributed by atoms with Crippen LogP contribution in [0.5, 0.6) is 0 Å². The van der Waals surface area contributed by atoms with Crippen molar-refractivity contribution >= 4 is 28.3 Å². The maximum atomic E-state index is 11.2. The number of hydrogen-bond acceptors (Lipinski definition) is 4. The minimum absolute atomic E-state index is 0.0703. The second-order valence-corrected chi connectivity index (χ2v) is 3.50. The lowest BCUT2D eigenvalue weighted by atomic mass is 10.4. The number of nitrogens with zero attached hydrogens (tertiary/aromatic N) is 2. The Bertz CT molecular complexity index is 323. The normalized spacial score (nSPS) is 9.79. The first-order chi connectivity index (χ1) is 6.61. The molecule has 1 amide bonds. The number of rotatable bonds is 4. The van der Waals surface area contributed by atoms with Gasteiger partial charge in [-0.3, -0.25) is 14.5 Å². The number of aromatic nitrogens is 1. The molecule has 0 aliphatic heterocycles. The Morgan fingerprint density at radius 2 is 2.36 bits per heavy atom. The average Bonchev–Trinajstić information content (AvgIpc) is 2.56. The third kappa shape index (κ3) is 2.81. The van der Waals surface area contributed by atoms with Crippen molar-refractivity contribution in [1.82, 2.24) is 4.98 Å². The Morgan fingerprint density at radius 1 is 1.64 bits per heavy atom. The Hall–Kier alpha value is -1.43. The van der Waals surface area contributed by atoms with Crippen molar-refractivity contribution in [3.8, 4) is 0 Å². The highest BCUT2D eigenvalue weighted by molar-refractivity contribution is 7.13. The molecule has 0 atom stereocenters. The van der Waals surface area contributed by atoms with Crippen molar-refractivity contribution in [2.24, 2.45) is 0 Å². The van der Waals surface area contributed by atoms with E-state index >= 15 is 0 Å². The molecule has 1 heterocycles. The minimum atomic E-state index is -0.923. The highest BCUT2D eigenvalue weighted by Gasteiger charge is 2.14. The summed E-state index contributed by atoms with van der Waals surface area (Å²) in [5, 5.41) is 10.8. The number of carbonyl (C=O) groups is 2. The highest BCUT2D eigenvalue weighted by Crippen LogP contribution is 2.17. The monoisotopic (exact) mass is 214 g/mol. The zero-order chi connectivity index (χ0) is 10.6. The van der Waals surface area contributed by atoms with Crippen molar-refractivity contribution in [2.75, 3.05) is 11.4 Å². The van der Waals surface area contributed by atoms with Crippen LogP contribution < -0.4 is 4.90 Å². The maximum absolute atomic E-state index is 11.2. The molecule has 0 aliphatic rings. The maximum Gasteiger partial charge on any atom is 0.305 e. The smallest absolute Gasteiger partial charge is 0.305 e. The lowest BCUT2D eigenvalue weighted by Gasteiger charge is -2.16. The topological polar surface area (TPSA) is 70.5 Å². The summed E-state index contributed by atoms with van der Waals surface area (Å²) in [4.78, 5) is 26.8. The number of anilines is 1. The summed E-state index contributed by atoms with van der Waals surface area (Å²) in [6.07, 6.45) is 1.51. The lowest BCUT2D eigenvalue weighted by Crippen LogP contribution is -2.30. The Labute approximate surface area is 85.0 Å². The second kappa shape index (κ2) is 4.71. The van der Waals surface area contributed by atoms with Crippen molar-refractivity contribution in [3.63, 3.8) is 0 Å². The van der Waals surface area contributed by atoms with Gasteiger partial charge in [0.15, 0.2) is 5.13 Å². The van der Waals surface area contributed by atoms with Gasteiger partial charge >= 0.3 is 5.97 Å². The van der Waals surface area contributed by atoms with E-state index in [1.165, 1.54) is 23.2 Å². The number of aliphatic carboxylic acids is 1. The Kier molecular flexibility index (Phi) is 3.58. The van der Waals surface area contributed by atoms with Gasteiger partial charge in [-0.05, 0) is 0 Å². The summed E-state index contributed by atoms with van der Waals surface area (Å²) in [5.74, 6) is -1.12. The highest BCUT2D eigenvalue weighted by atomic mass is 32.1. The molecular weight excluding hydrogens is 204 g/mol. The molecule has 1 aromatic rings. The second-order valence-electron chi connectivity index (χ2n) is 2.63. The SMILES string of the molecule is CC(=O)N(CCC(=O)O)c1nccs1. The predicted octanol–water partition coefficient (Wildman–Crippen LogP) is 0.971. The molecule has 0 aliphatic carbocycles. The molecule has 1 rings (SSSR count). The van der Waals surface area contributed by atoms with Crippen LogP contribution in [0.4, 0.5) is 5.13 Å². The predicted molar refractivity (Wildman–Crippen MR) is 52.4 cm³/mol. The van der Waals surface area contributed by atoms with Gasteiger partial charge in [0.05, 0.1) is 6.42 Å². The average molecular weight is 214 g/mol. The van der Waals surface area contributed by atoms with Crippen LogP contribution in [-0.4, -0.2) is 28.5 Å². The molecule has 0 aromatic carbocycles. The Balaban J connectivity index is 2.66. The van der Waals surface area contributed by atoms with E-state index in [-0.39, 0.29) is 18.9 Å². The Morgan fingerprint density at radius 3 is 2.79 bits per heavy atom. The fourth-order valence-corrected chi connectivity index (χ4v) is 1.66. The van der Waals surface area contributed by atoms with Gasteiger partial charge in [0.2, 0.25) is 5.91 Å². The fourth-order valence-electron chi connectivity index (χ4n) is 0.944. The van der Waals surface area contributed by atoms with Crippen LogP contribution in [0.2, 0.25) is 0 Å². The molecule has 1 aromatic heterocycles. The summed E-state index contributed by atoms with van der Waals surface area (Å²) >= 11 is 1.31. The molecule has 5 nitrogen and oxygen atoms in total. The largest absolute Gasteiger partial charge is 0.481 e. The number of carbonyl (C=O) groups excluding carboxylic acids is 1.